The lowest BCUT2D eigenvalue weighted by molar-refractivity contribution is 0.0321. The smallest absolute Gasteiger partial charge is 0.337 e. The molecule has 0 saturated carbocycles. The fraction of sp³-hybridized carbons (Fsp3) is 0.462. The Hall–Kier alpha value is -0.270. The molecule has 0 aliphatic carbocycles. The van der Waals surface area contributed by atoms with E-state index in [0.717, 1.165) is 5.56 Å². The monoisotopic (exact) mass is 412 g/mol. The Labute approximate surface area is 133 Å². The van der Waals surface area contributed by atoms with Crippen LogP contribution in [0, 0.1) is 0 Å². The molecule has 7 heteroatoms. The average Bonchev–Trinajstić information content (AvgIpc) is 2.50. The van der Waals surface area contributed by atoms with Gasteiger partial charge in [-0.05, 0) is 39.7 Å². The van der Waals surface area contributed by atoms with Crippen LogP contribution in [0.5, 0.6) is 0 Å². The van der Waals surface area contributed by atoms with Crippen LogP contribution in [0.3, 0.4) is 0 Å². The van der Waals surface area contributed by atoms with Gasteiger partial charge in [0.2, 0.25) is 0 Å². The number of esters is 1. The highest BCUT2D eigenvalue weighted by atomic mass is 127. The van der Waals surface area contributed by atoms with Gasteiger partial charge in [-0.1, -0.05) is 12.1 Å². The number of rotatable bonds is 10. The molecule has 1 rings (SSSR count). The Morgan fingerprint density at radius 1 is 1.10 bits per heavy atom. The molecule has 0 radical (unpaired) electrons. The van der Waals surface area contributed by atoms with Gasteiger partial charge >= 0.3 is 5.97 Å². The zero-order valence-corrected chi connectivity index (χ0v) is 14.4. The van der Waals surface area contributed by atoms with Crippen LogP contribution in [-0.2, 0) is 25.3 Å². The van der Waals surface area contributed by atoms with Crippen LogP contribution in [0.2, 0.25) is 0 Å². The van der Waals surface area contributed by atoms with Crippen molar-refractivity contribution in [2.24, 2.45) is 0 Å². The lowest BCUT2D eigenvalue weighted by Gasteiger charge is -2.06. The van der Waals surface area contributed by atoms with Crippen molar-refractivity contribution in [1.29, 1.82) is 0 Å². The highest BCUT2D eigenvalue weighted by Gasteiger charge is 2.04. The summed E-state index contributed by atoms with van der Waals surface area (Å²) in [7, 11) is 1.37. The highest BCUT2D eigenvalue weighted by molar-refractivity contribution is 14.2. The van der Waals surface area contributed by atoms with E-state index in [9.17, 15) is 4.79 Å². The van der Waals surface area contributed by atoms with Crippen molar-refractivity contribution in [2.45, 2.75) is 6.61 Å². The van der Waals surface area contributed by atoms with E-state index in [1.807, 2.05) is 12.1 Å². The lowest BCUT2D eigenvalue weighted by atomic mass is 10.1. The summed E-state index contributed by atoms with van der Waals surface area (Å²) in [5.41, 5.74) is 1.54. The molecule has 1 atom stereocenters. The second-order valence-corrected chi connectivity index (χ2v) is 5.54. The van der Waals surface area contributed by atoms with Crippen LogP contribution in [0.25, 0.3) is 0 Å². The summed E-state index contributed by atoms with van der Waals surface area (Å²) in [5, 5.41) is 0. The third-order valence-electron chi connectivity index (χ3n) is 2.40. The van der Waals surface area contributed by atoms with Crippen molar-refractivity contribution in [3.63, 3.8) is 0 Å². The number of benzene rings is 1. The number of carbonyl (C=O) groups excluding carboxylic acids is 1. The molecule has 0 fully saturated rings. The van der Waals surface area contributed by atoms with E-state index in [2.05, 4.69) is 26.8 Å². The molecule has 0 spiro atoms. The summed E-state index contributed by atoms with van der Waals surface area (Å²) in [4.78, 5) is 11.3. The van der Waals surface area contributed by atoms with Crippen LogP contribution < -0.4 is 0 Å². The molecule has 1 aromatic carbocycles. The minimum absolute atomic E-state index is 0.333. The molecule has 0 bridgehead atoms. The van der Waals surface area contributed by atoms with Crippen molar-refractivity contribution < 1.29 is 23.5 Å². The summed E-state index contributed by atoms with van der Waals surface area (Å²) in [6.07, 6.45) is 0. The minimum atomic E-state index is -0.333. The quantitative estimate of drug-likeness (QED) is 0.256. The average molecular weight is 412 g/mol. The normalized spacial score (nSPS) is 11.1. The van der Waals surface area contributed by atoms with Crippen LogP contribution in [0.1, 0.15) is 15.9 Å². The van der Waals surface area contributed by atoms with Crippen LogP contribution in [0.15, 0.2) is 24.3 Å². The van der Waals surface area contributed by atoms with E-state index in [1.165, 1.54) is 7.11 Å². The Morgan fingerprint density at radius 2 is 1.75 bits per heavy atom. The van der Waals surface area contributed by atoms with Crippen molar-refractivity contribution in [3.8, 4) is 0 Å². The van der Waals surface area contributed by atoms with Gasteiger partial charge in [0.1, 0.15) is 0 Å². The summed E-state index contributed by atoms with van der Waals surface area (Å²) in [6.45, 7) is 3.26. The predicted molar refractivity (Wildman–Crippen MR) is 86.5 cm³/mol. The van der Waals surface area contributed by atoms with Crippen molar-refractivity contribution in [2.75, 3.05) is 33.5 Å². The Kier molecular flexibility index (Phi) is 10.1. The summed E-state index contributed by atoms with van der Waals surface area (Å²) >= 11 is 2.17. The van der Waals surface area contributed by atoms with Crippen molar-refractivity contribution in [3.05, 3.63) is 35.4 Å². The summed E-state index contributed by atoms with van der Waals surface area (Å²) in [5.74, 6) is -0.333. The van der Waals surface area contributed by atoms with Gasteiger partial charge in [0.15, 0.2) is 0 Å². The van der Waals surface area contributed by atoms with Crippen LogP contribution >= 0.6 is 28.5 Å². The molecule has 0 saturated heterocycles. The molecule has 1 aromatic rings. The first kappa shape index (κ1) is 17.8. The molecule has 0 aliphatic rings. The molecular formula is C13H18IO5P. The zero-order valence-electron chi connectivity index (χ0n) is 11.3. The van der Waals surface area contributed by atoms with E-state index >= 15 is 0 Å². The first-order valence-electron chi connectivity index (χ1n) is 6.08. The zero-order chi connectivity index (χ0) is 14.6. The van der Waals surface area contributed by atoms with Crippen LogP contribution in [-0.4, -0.2) is 39.5 Å². The SMILES string of the molecule is COC(=O)c1ccc(COCCOCCOPI)cc1. The number of ether oxygens (including phenoxy) is 3. The number of hydrogen-bond donors (Lipinski definition) is 0. The van der Waals surface area contributed by atoms with Gasteiger partial charge in [0, 0.05) is 0 Å². The van der Waals surface area contributed by atoms with E-state index in [4.69, 9.17) is 14.0 Å². The largest absolute Gasteiger partial charge is 0.465 e. The van der Waals surface area contributed by atoms with E-state index in [0.29, 0.717) is 45.0 Å². The summed E-state index contributed by atoms with van der Waals surface area (Å²) in [6, 6.07) is 7.15. The minimum Gasteiger partial charge on any atom is -0.465 e. The van der Waals surface area contributed by atoms with Crippen LogP contribution in [0.4, 0.5) is 0 Å². The highest BCUT2D eigenvalue weighted by Crippen LogP contribution is 2.20. The van der Waals surface area contributed by atoms with Gasteiger partial charge in [0.25, 0.3) is 0 Å². The molecule has 5 nitrogen and oxygen atoms in total. The van der Waals surface area contributed by atoms with Gasteiger partial charge in [-0.25, -0.2) is 4.79 Å². The first-order chi connectivity index (χ1) is 9.77. The maximum Gasteiger partial charge on any atom is 0.337 e. The Balaban J connectivity index is 2.11. The van der Waals surface area contributed by atoms with Crippen molar-refractivity contribution in [1.82, 2.24) is 0 Å². The third-order valence-corrected chi connectivity index (χ3v) is 3.65. The molecular weight excluding hydrogens is 394 g/mol. The molecule has 0 heterocycles. The number of carbonyl (C=O) groups is 1. The van der Waals surface area contributed by atoms with Crippen molar-refractivity contribution >= 4 is 34.5 Å². The molecule has 0 aromatic heterocycles. The fourth-order valence-corrected chi connectivity index (χ4v) is 2.23. The fourth-order valence-electron chi connectivity index (χ4n) is 1.40. The molecule has 20 heavy (non-hydrogen) atoms. The van der Waals surface area contributed by atoms with Gasteiger partial charge < -0.3 is 18.7 Å². The second kappa shape index (κ2) is 11.4. The Morgan fingerprint density at radius 3 is 2.40 bits per heavy atom. The molecule has 0 N–H and O–H groups in total. The van der Waals surface area contributed by atoms with E-state index in [-0.39, 0.29) is 5.97 Å². The van der Waals surface area contributed by atoms with Gasteiger partial charge in [-0.15, -0.1) is 0 Å². The topological polar surface area (TPSA) is 54.0 Å². The van der Waals surface area contributed by atoms with Gasteiger partial charge in [0.05, 0.1) is 52.2 Å². The first-order valence-corrected chi connectivity index (χ1v) is 10.1. The van der Waals surface area contributed by atoms with Gasteiger partial charge in [-0.3, -0.25) is 0 Å². The molecule has 0 aliphatic heterocycles. The maximum absolute atomic E-state index is 11.3. The molecule has 1 unspecified atom stereocenters. The van der Waals surface area contributed by atoms with E-state index < -0.39 is 0 Å². The summed E-state index contributed by atoms with van der Waals surface area (Å²) < 4.78 is 20.6. The number of halogens is 1. The standard InChI is InChI=1S/C13H18IO5P/c1-16-13(15)12-4-2-11(3-5-12)10-18-7-6-17-8-9-19-20-14/h2-5,20H,6-10H2,1H3. The molecule has 0 amide bonds. The number of methoxy groups -OCH3 is 1. The predicted octanol–water partition coefficient (Wildman–Crippen LogP) is 2.97. The van der Waals surface area contributed by atoms with E-state index in [1.54, 1.807) is 12.1 Å². The third kappa shape index (κ3) is 7.50. The Bertz CT molecular complexity index is 385. The maximum atomic E-state index is 11.3. The lowest BCUT2D eigenvalue weighted by Crippen LogP contribution is -2.07. The molecule has 112 valence electrons. The number of hydrogen-bond acceptors (Lipinski definition) is 5. The second-order valence-electron chi connectivity index (χ2n) is 3.78. The van der Waals surface area contributed by atoms with Gasteiger partial charge in [-0.2, -0.15) is 0 Å².